The van der Waals surface area contributed by atoms with Crippen LogP contribution in [-0.2, 0) is 6.42 Å². The van der Waals surface area contributed by atoms with Crippen molar-refractivity contribution in [3.05, 3.63) is 66.2 Å². The number of anilines is 1. The fourth-order valence-electron chi connectivity index (χ4n) is 4.40. The van der Waals surface area contributed by atoms with Gasteiger partial charge >= 0.3 is 0 Å². The first-order valence-corrected chi connectivity index (χ1v) is 13.1. The monoisotopic (exact) mass is 443 g/mol. The molecule has 2 N–H and O–H groups in total. The predicted molar refractivity (Wildman–Crippen MR) is 144 cm³/mol. The van der Waals surface area contributed by atoms with Crippen molar-refractivity contribution in [1.29, 1.82) is 0 Å². The molecule has 0 saturated carbocycles. The molecule has 0 atom stereocenters. The molecule has 3 nitrogen and oxygen atoms in total. The minimum atomic E-state index is 0.770. The molecule has 3 rings (SSSR count). The molecular weight excluding hydrogens is 402 g/mol. The van der Waals surface area contributed by atoms with Crippen LogP contribution in [0.3, 0.4) is 0 Å². The standard InChI is InChI=1S/C30H41N3/c1-2-3-4-5-6-7-8-9-10-11-12-13-16-25-19-21-26(22-20-25)32-33-30-24-23-29(31)27-17-14-15-18-28(27)30/h14-15,17-24H,2-13,16,31H2,1H3. The molecule has 0 saturated heterocycles. The number of fused-ring (bicyclic) bond motifs is 1. The number of unbranched alkanes of at least 4 members (excludes halogenated alkanes) is 11. The van der Waals surface area contributed by atoms with Crippen molar-refractivity contribution < 1.29 is 0 Å². The Morgan fingerprint density at radius 2 is 1.15 bits per heavy atom. The fourth-order valence-corrected chi connectivity index (χ4v) is 4.40. The zero-order valence-electron chi connectivity index (χ0n) is 20.4. The van der Waals surface area contributed by atoms with Gasteiger partial charge in [-0.15, -0.1) is 5.11 Å². The molecule has 0 unspecified atom stereocenters. The van der Waals surface area contributed by atoms with Crippen LogP contribution in [0.1, 0.15) is 89.5 Å². The lowest BCUT2D eigenvalue weighted by molar-refractivity contribution is 0.544. The van der Waals surface area contributed by atoms with Gasteiger partial charge in [0.2, 0.25) is 0 Å². The van der Waals surface area contributed by atoms with Crippen LogP contribution in [0.2, 0.25) is 0 Å². The van der Waals surface area contributed by atoms with E-state index >= 15 is 0 Å². The van der Waals surface area contributed by atoms with Gasteiger partial charge in [-0.2, -0.15) is 5.11 Å². The third-order valence-electron chi connectivity index (χ3n) is 6.46. The Labute approximate surface area is 200 Å². The van der Waals surface area contributed by atoms with Crippen molar-refractivity contribution in [1.82, 2.24) is 0 Å². The molecule has 0 heterocycles. The van der Waals surface area contributed by atoms with Crippen molar-refractivity contribution in [2.75, 3.05) is 5.73 Å². The summed E-state index contributed by atoms with van der Waals surface area (Å²) in [5.41, 5.74) is 9.97. The summed E-state index contributed by atoms with van der Waals surface area (Å²) < 4.78 is 0. The fraction of sp³-hybridized carbons (Fsp3) is 0.467. The molecule has 0 aliphatic heterocycles. The Balaban J connectivity index is 1.33. The zero-order valence-corrected chi connectivity index (χ0v) is 20.4. The highest BCUT2D eigenvalue weighted by molar-refractivity contribution is 5.99. The Morgan fingerprint density at radius 3 is 1.79 bits per heavy atom. The molecule has 0 bridgehead atoms. The number of nitrogen functional groups attached to an aromatic ring is 1. The van der Waals surface area contributed by atoms with Gasteiger partial charge in [0, 0.05) is 16.5 Å². The third kappa shape index (κ3) is 8.64. The summed E-state index contributed by atoms with van der Waals surface area (Å²) in [4.78, 5) is 0. The summed E-state index contributed by atoms with van der Waals surface area (Å²) in [5.74, 6) is 0. The Morgan fingerprint density at radius 1 is 0.576 bits per heavy atom. The lowest BCUT2D eigenvalue weighted by Crippen LogP contribution is -1.86. The second-order valence-electron chi connectivity index (χ2n) is 9.23. The highest BCUT2D eigenvalue weighted by Crippen LogP contribution is 2.31. The Bertz CT molecular complexity index is 976. The van der Waals surface area contributed by atoms with Crippen molar-refractivity contribution in [3.63, 3.8) is 0 Å². The quantitative estimate of drug-likeness (QED) is 0.142. The van der Waals surface area contributed by atoms with Crippen LogP contribution in [0, 0.1) is 0 Å². The second-order valence-corrected chi connectivity index (χ2v) is 9.23. The lowest BCUT2D eigenvalue weighted by Gasteiger charge is -2.05. The zero-order chi connectivity index (χ0) is 23.1. The summed E-state index contributed by atoms with van der Waals surface area (Å²) >= 11 is 0. The molecule has 33 heavy (non-hydrogen) atoms. The molecule has 0 radical (unpaired) electrons. The van der Waals surface area contributed by atoms with Gasteiger partial charge in [-0.1, -0.05) is 114 Å². The third-order valence-corrected chi connectivity index (χ3v) is 6.46. The normalized spacial score (nSPS) is 11.5. The van der Waals surface area contributed by atoms with Crippen LogP contribution >= 0.6 is 0 Å². The first kappa shape index (κ1) is 25.0. The maximum absolute atomic E-state index is 6.08. The average Bonchev–Trinajstić information content (AvgIpc) is 2.85. The van der Waals surface area contributed by atoms with Gasteiger partial charge in [0.25, 0.3) is 0 Å². The maximum Gasteiger partial charge on any atom is 0.0936 e. The van der Waals surface area contributed by atoms with Crippen LogP contribution in [0.4, 0.5) is 17.1 Å². The number of benzene rings is 3. The summed E-state index contributed by atoms with van der Waals surface area (Å²) in [7, 11) is 0. The Hall–Kier alpha value is -2.68. The smallest absolute Gasteiger partial charge is 0.0936 e. The van der Waals surface area contributed by atoms with E-state index in [-0.39, 0.29) is 0 Å². The van der Waals surface area contributed by atoms with Crippen molar-refractivity contribution in [2.45, 2.75) is 90.4 Å². The molecule has 0 aliphatic carbocycles. The van der Waals surface area contributed by atoms with E-state index < -0.39 is 0 Å². The van der Waals surface area contributed by atoms with Gasteiger partial charge in [-0.25, -0.2) is 0 Å². The van der Waals surface area contributed by atoms with Crippen molar-refractivity contribution >= 4 is 27.8 Å². The second kappa shape index (κ2) is 14.5. The molecule has 0 aliphatic rings. The molecule has 0 fully saturated rings. The number of nitrogens with two attached hydrogens (primary N) is 1. The van der Waals surface area contributed by atoms with Crippen molar-refractivity contribution in [2.24, 2.45) is 10.2 Å². The summed E-state index contributed by atoms with van der Waals surface area (Å²) in [6, 6.07) is 20.4. The van der Waals surface area contributed by atoms with Crippen LogP contribution in [0.5, 0.6) is 0 Å². The highest BCUT2D eigenvalue weighted by Gasteiger charge is 2.03. The number of hydrogen-bond acceptors (Lipinski definition) is 3. The topological polar surface area (TPSA) is 50.7 Å². The number of rotatable bonds is 15. The summed E-state index contributed by atoms with van der Waals surface area (Å²) in [5, 5.41) is 11.0. The Kier molecular flexibility index (Phi) is 10.9. The number of nitrogens with zero attached hydrogens (tertiary/aromatic N) is 2. The maximum atomic E-state index is 6.08. The SMILES string of the molecule is CCCCCCCCCCCCCCc1ccc(N=Nc2ccc(N)c3ccccc23)cc1. The first-order chi connectivity index (χ1) is 16.3. The first-order valence-electron chi connectivity index (χ1n) is 13.1. The minimum Gasteiger partial charge on any atom is -0.398 e. The van der Waals surface area contributed by atoms with Crippen LogP contribution in [0.15, 0.2) is 70.9 Å². The van der Waals surface area contributed by atoms with E-state index in [2.05, 4.69) is 41.4 Å². The van der Waals surface area contributed by atoms with Crippen LogP contribution in [-0.4, -0.2) is 0 Å². The molecular formula is C30H41N3. The van der Waals surface area contributed by atoms with Gasteiger partial charge in [-0.05, 0) is 42.7 Å². The molecule has 0 amide bonds. The van der Waals surface area contributed by atoms with E-state index in [1.54, 1.807) is 0 Å². The number of hydrogen-bond donors (Lipinski definition) is 1. The minimum absolute atomic E-state index is 0.770. The largest absolute Gasteiger partial charge is 0.398 e. The van der Waals surface area contributed by atoms with Gasteiger partial charge in [0.05, 0.1) is 11.4 Å². The van der Waals surface area contributed by atoms with E-state index in [4.69, 9.17) is 5.73 Å². The van der Waals surface area contributed by atoms with E-state index in [9.17, 15) is 0 Å². The molecule has 0 aromatic heterocycles. The van der Waals surface area contributed by atoms with Crippen LogP contribution in [0.25, 0.3) is 10.8 Å². The average molecular weight is 444 g/mol. The van der Waals surface area contributed by atoms with Crippen LogP contribution < -0.4 is 5.73 Å². The molecule has 3 heteroatoms. The van der Waals surface area contributed by atoms with Gasteiger partial charge in [0.15, 0.2) is 0 Å². The van der Waals surface area contributed by atoms with Crippen molar-refractivity contribution in [3.8, 4) is 0 Å². The van der Waals surface area contributed by atoms with E-state index in [0.717, 1.165) is 34.3 Å². The molecule has 0 spiro atoms. The highest BCUT2D eigenvalue weighted by atomic mass is 15.1. The van der Waals surface area contributed by atoms with E-state index in [0.29, 0.717) is 0 Å². The number of azo groups is 1. The van der Waals surface area contributed by atoms with Gasteiger partial charge in [-0.3, -0.25) is 0 Å². The van der Waals surface area contributed by atoms with E-state index in [1.165, 1.54) is 82.6 Å². The number of aryl methyl sites for hydroxylation is 1. The summed E-state index contributed by atoms with van der Waals surface area (Å²) in [6.45, 7) is 2.28. The molecule has 3 aromatic carbocycles. The van der Waals surface area contributed by atoms with E-state index in [1.807, 2.05) is 36.4 Å². The molecule has 176 valence electrons. The van der Waals surface area contributed by atoms with Gasteiger partial charge in [0.1, 0.15) is 0 Å². The summed E-state index contributed by atoms with van der Waals surface area (Å²) in [6.07, 6.45) is 17.9. The van der Waals surface area contributed by atoms with Gasteiger partial charge < -0.3 is 5.73 Å². The molecule has 3 aromatic rings. The lowest BCUT2D eigenvalue weighted by atomic mass is 10.0. The predicted octanol–water partition coefficient (Wildman–Crippen LogP) is 10.1.